The van der Waals surface area contributed by atoms with Crippen molar-refractivity contribution in [2.75, 3.05) is 17.2 Å². The van der Waals surface area contributed by atoms with E-state index in [4.69, 9.17) is 4.74 Å². The first-order valence-electron chi connectivity index (χ1n) is 8.84. The number of amides is 1. The van der Waals surface area contributed by atoms with Crippen LogP contribution in [0.2, 0.25) is 0 Å². The number of anilines is 2. The van der Waals surface area contributed by atoms with E-state index in [-0.39, 0.29) is 17.6 Å². The molecule has 0 unspecified atom stereocenters. The van der Waals surface area contributed by atoms with Gasteiger partial charge in [0.25, 0.3) is 5.91 Å². The van der Waals surface area contributed by atoms with Gasteiger partial charge in [0.1, 0.15) is 6.10 Å². The number of hydrogen-bond acceptors (Lipinski definition) is 3. The molecule has 7 heteroatoms. The van der Waals surface area contributed by atoms with Gasteiger partial charge < -0.3 is 15.4 Å². The van der Waals surface area contributed by atoms with Crippen molar-refractivity contribution in [2.45, 2.75) is 63.3 Å². The van der Waals surface area contributed by atoms with Crippen LogP contribution in [-0.2, 0) is 15.7 Å². The minimum Gasteiger partial charge on any atom is -0.381 e. The Balaban J connectivity index is 1.80. The molecule has 1 heterocycles. The van der Waals surface area contributed by atoms with Crippen LogP contribution in [0.1, 0.15) is 50.5 Å². The summed E-state index contributed by atoms with van der Waals surface area (Å²) in [7, 11) is 0. The molecule has 1 aliphatic carbocycles. The van der Waals surface area contributed by atoms with Crippen LogP contribution in [0.4, 0.5) is 24.5 Å². The van der Waals surface area contributed by atoms with Crippen LogP contribution in [0, 0.1) is 0 Å². The molecule has 0 radical (unpaired) electrons. The molecule has 0 aromatic heterocycles. The van der Waals surface area contributed by atoms with Gasteiger partial charge in [0.05, 0.1) is 16.9 Å². The highest BCUT2D eigenvalue weighted by molar-refractivity contribution is 5.97. The summed E-state index contributed by atoms with van der Waals surface area (Å²) in [6.07, 6.45) is 1.72. The zero-order valence-electron chi connectivity index (χ0n) is 14.0. The summed E-state index contributed by atoms with van der Waals surface area (Å²) in [5.74, 6) is -0.386. The lowest BCUT2D eigenvalue weighted by molar-refractivity contribution is -0.137. The van der Waals surface area contributed by atoms with Gasteiger partial charge in [-0.25, -0.2) is 0 Å². The largest absolute Gasteiger partial charge is 0.416 e. The average Bonchev–Trinajstić information content (AvgIpc) is 3.11. The molecule has 1 amide bonds. The molecule has 2 N–H and O–H groups in total. The maximum absolute atomic E-state index is 13.0. The lowest BCUT2D eigenvalue weighted by Gasteiger charge is -2.26. The first-order chi connectivity index (χ1) is 11.9. The third kappa shape index (κ3) is 4.66. The van der Waals surface area contributed by atoms with Crippen molar-refractivity contribution >= 4 is 17.3 Å². The van der Waals surface area contributed by atoms with Crippen molar-refractivity contribution in [3.63, 3.8) is 0 Å². The molecule has 0 bridgehead atoms. The zero-order valence-corrected chi connectivity index (χ0v) is 14.0. The quantitative estimate of drug-likeness (QED) is 0.831. The van der Waals surface area contributed by atoms with Gasteiger partial charge in [-0.3, -0.25) is 4.79 Å². The number of halogens is 3. The Hall–Kier alpha value is -1.76. The van der Waals surface area contributed by atoms with Crippen LogP contribution in [0.25, 0.3) is 0 Å². The van der Waals surface area contributed by atoms with Crippen LogP contribution >= 0.6 is 0 Å². The SMILES string of the molecule is O=C(Nc1cc(C(F)(F)F)ccc1NC1CCCCC1)[C@H]1CCCO1. The lowest BCUT2D eigenvalue weighted by Crippen LogP contribution is -2.28. The first kappa shape index (κ1) is 18.0. The topological polar surface area (TPSA) is 50.4 Å². The highest BCUT2D eigenvalue weighted by atomic mass is 19.4. The van der Waals surface area contributed by atoms with Crippen molar-refractivity contribution in [1.82, 2.24) is 0 Å². The Labute approximate surface area is 145 Å². The van der Waals surface area contributed by atoms with Crippen LogP contribution in [-0.4, -0.2) is 24.7 Å². The number of ether oxygens (including phenoxy) is 1. The monoisotopic (exact) mass is 356 g/mol. The van der Waals surface area contributed by atoms with Crippen LogP contribution < -0.4 is 10.6 Å². The minimum absolute atomic E-state index is 0.167. The van der Waals surface area contributed by atoms with Crippen molar-refractivity contribution in [2.24, 2.45) is 0 Å². The molecule has 1 aromatic rings. The van der Waals surface area contributed by atoms with E-state index in [2.05, 4.69) is 10.6 Å². The zero-order chi connectivity index (χ0) is 17.9. The maximum atomic E-state index is 13.0. The first-order valence-corrected chi connectivity index (χ1v) is 8.84. The van der Waals surface area contributed by atoms with E-state index < -0.39 is 17.8 Å². The summed E-state index contributed by atoms with van der Waals surface area (Å²) < 4.78 is 44.4. The van der Waals surface area contributed by atoms with E-state index in [1.54, 1.807) is 0 Å². The molecular formula is C18H23F3N2O2. The van der Waals surface area contributed by atoms with Gasteiger partial charge in [-0.1, -0.05) is 19.3 Å². The van der Waals surface area contributed by atoms with E-state index in [1.807, 2.05) is 0 Å². The summed E-state index contributed by atoms with van der Waals surface area (Å²) in [5.41, 5.74) is -0.0727. The van der Waals surface area contributed by atoms with Crippen molar-refractivity contribution in [3.05, 3.63) is 23.8 Å². The summed E-state index contributed by atoms with van der Waals surface area (Å²) in [6.45, 7) is 0.508. The van der Waals surface area contributed by atoms with E-state index in [0.29, 0.717) is 18.7 Å². The second kappa shape index (κ2) is 7.64. The predicted octanol–water partition coefficient (Wildman–Crippen LogP) is 4.57. The van der Waals surface area contributed by atoms with Crippen LogP contribution in [0.5, 0.6) is 0 Å². The third-order valence-corrected chi connectivity index (χ3v) is 4.79. The van der Waals surface area contributed by atoms with Gasteiger partial charge in [-0.15, -0.1) is 0 Å². The number of carbonyl (C=O) groups is 1. The molecule has 0 spiro atoms. The molecule has 1 aliphatic heterocycles. The molecule has 1 saturated carbocycles. The fraction of sp³-hybridized carbons (Fsp3) is 0.611. The smallest absolute Gasteiger partial charge is 0.381 e. The molecule has 2 fully saturated rings. The Morgan fingerprint density at radius 1 is 1.04 bits per heavy atom. The number of nitrogens with one attached hydrogen (secondary N) is 2. The van der Waals surface area contributed by atoms with E-state index in [9.17, 15) is 18.0 Å². The van der Waals surface area contributed by atoms with Crippen molar-refractivity contribution in [1.29, 1.82) is 0 Å². The highest BCUT2D eigenvalue weighted by Gasteiger charge is 2.32. The molecule has 138 valence electrons. The van der Waals surface area contributed by atoms with Gasteiger partial charge in [0.15, 0.2) is 0 Å². The van der Waals surface area contributed by atoms with Crippen molar-refractivity contribution in [3.8, 4) is 0 Å². The molecular weight excluding hydrogens is 333 g/mol. The molecule has 3 rings (SSSR count). The number of alkyl halides is 3. The van der Waals surface area contributed by atoms with Gasteiger partial charge in [-0.2, -0.15) is 13.2 Å². The summed E-state index contributed by atoms with van der Waals surface area (Å²) >= 11 is 0. The standard InChI is InChI=1S/C18H23F3N2O2/c19-18(20,21)12-8-9-14(22-13-5-2-1-3-6-13)15(11-12)23-17(24)16-7-4-10-25-16/h8-9,11,13,16,22H,1-7,10H2,(H,23,24)/t16-/m1/s1. The molecule has 4 nitrogen and oxygen atoms in total. The van der Waals surface area contributed by atoms with Gasteiger partial charge in [-0.05, 0) is 43.9 Å². The Kier molecular flexibility index (Phi) is 5.51. The summed E-state index contributed by atoms with van der Waals surface area (Å²) in [6, 6.07) is 3.68. The number of hydrogen-bond donors (Lipinski definition) is 2. The number of carbonyl (C=O) groups excluding carboxylic acids is 1. The summed E-state index contributed by atoms with van der Waals surface area (Å²) in [4.78, 5) is 12.3. The molecule has 1 atom stereocenters. The second-order valence-electron chi connectivity index (χ2n) is 6.73. The second-order valence-corrected chi connectivity index (χ2v) is 6.73. The minimum atomic E-state index is -4.45. The van der Waals surface area contributed by atoms with Gasteiger partial charge >= 0.3 is 6.18 Å². The number of benzene rings is 1. The van der Waals surface area contributed by atoms with Crippen molar-refractivity contribution < 1.29 is 22.7 Å². The molecule has 25 heavy (non-hydrogen) atoms. The van der Waals surface area contributed by atoms with Crippen LogP contribution in [0.15, 0.2) is 18.2 Å². The highest BCUT2D eigenvalue weighted by Crippen LogP contribution is 2.35. The Morgan fingerprint density at radius 2 is 1.80 bits per heavy atom. The van der Waals surface area contributed by atoms with E-state index >= 15 is 0 Å². The predicted molar refractivity (Wildman–Crippen MR) is 89.5 cm³/mol. The Bertz CT molecular complexity index is 607. The fourth-order valence-electron chi connectivity index (χ4n) is 3.41. The maximum Gasteiger partial charge on any atom is 0.416 e. The summed E-state index contributed by atoms with van der Waals surface area (Å²) in [5, 5.41) is 5.93. The van der Waals surface area contributed by atoms with Crippen LogP contribution in [0.3, 0.4) is 0 Å². The molecule has 1 saturated heterocycles. The average molecular weight is 356 g/mol. The lowest BCUT2D eigenvalue weighted by atomic mass is 9.95. The van der Waals surface area contributed by atoms with E-state index in [1.165, 1.54) is 12.5 Å². The third-order valence-electron chi connectivity index (χ3n) is 4.79. The molecule has 2 aliphatic rings. The van der Waals surface area contributed by atoms with Gasteiger partial charge in [0, 0.05) is 12.6 Å². The van der Waals surface area contributed by atoms with Gasteiger partial charge in [0.2, 0.25) is 0 Å². The normalized spacial score (nSPS) is 22.0. The molecule has 1 aromatic carbocycles. The fourth-order valence-corrected chi connectivity index (χ4v) is 3.41. The number of rotatable bonds is 4. The van der Waals surface area contributed by atoms with E-state index in [0.717, 1.165) is 44.2 Å². The Morgan fingerprint density at radius 3 is 2.44 bits per heavy atom.